The van der Waals surface area contributed by atoms with Crippen LogP contribution in [0.25, 0.3) is 0 Å². The summed E-state index contributed by atoms with van der Waals surface area (Å²) in [6.07, 6.45) is 0. The van der Waals surface area contributed by atoms with Crippen molar-refractivity contribution in [1.29, 1.82) is 0 Å². The summed E-state index contributed by atoms with van der Waals surface area (Å²) >= 11 is 0. The van der Waals surface area contributed by atoms with E-state index in [0.717, 1.165) is 0 Å². The van der Waals surface area contributed by atoms with Crippen LogP contribution in [0.5, 0.6) is 0 Å². The summed E-state index contributed by atoms with van der Waals surface area (Å²) in [5.74, 6) is 0. The minimum absolute atomic E-state index is 0.0409. The van der Waals surface area contributed by atoms with Crippen LogP contribution >= 0.6 is 7.52 Å². The van der Waals surface area contributed by atoms with Crippen molar-refractivity contribution in [2.45, 2.75) is 6.04 Å². The summed E-state index contributed by atoms with van der Waals surface area (Å²) in [7, 11) is -3.33. The number of hydrogen-bond acceptors (Lipinski definition) is 2. The molecule has 1 atom stereocenters. The molecule has 0 amide bonds. The number of benzene rings is 1. The molecule has 1 aromatic rings. The Morgan fingerprint density at radius 2 is 1.93 bits per heavy atom. The van der Waals surface area contributed by atoms with Crippen LogP contribution in [0.2, 0.25) is 0 Å². The zero-order valence-corrected chi connectivity index (χ0v) is 8.60. The second kappa shape index (κ2) is 3.48. The van der Waals surface area contributed by atoms with Crippen molar-refractivity contribution in [3.05, 3.63) is 30.3 Å². The quantitative estimate of drug-likeness (QED) is 0.684. The van der Waals surface area contributed by atoms with E-state index in [1.54, 1.807) is 24.3 Å². The van der Waals surface area contributed by atoms with Crippen LogP contribution in [-0.4, -0.2) is 28.7 Å². The van der Waals surface area contributed by atoms with E-state index in [4.69, 9.17) is 5.73 Å². The van der Waals surface area contributed by atoms with E-state index in [-0.39, 0.29) is 6.04 Å². The predicted molar refractivity (Wildman–Crippen MR) is 55.4 cm³/mol. The molecule has 76 valence electrons. The lowest BCUT2D eigenvalue weighted by molar-refractivity contribution is 0.239. The molecule has 5 heteroatoms. The molecule has 3 N–H and O–H groups in total. The van der Waals surface area contributed by atoms with Gasteiger partial charge in [0.05, 0.1) is 5.30 Å². The van der Waals surface area contributed by atoms with Gasteiger partial charge >= 0.3 is 0 Å². The lowest BCUT2D eigenvalue weighted by Gasteiger charge is -2.39. The first kappa shape index (κ1) is 9.87. The fourth-order valence-electron chi connectivity index (χ4n) is 1.49. The summed E-state index contributed by atoms with van der Waals surface area (Å²) in [5.41, 5.74) is 5.57. The van der Waals surface area contributed by atoms with E-state index in [2.05, 4.69) is 0 Å². The third-order valence-corrected chi connectivity index (χ3v) is 4.43. The Hall–Kier alpha value is -0.670. The predicted octanol–water partition coefficient (Wildman–Crippen LogP) is 0.140. The second-order valence-electron chi connectivity index (χ2n) is 3.51. The van der Waals surface area contributed by atoms with Gasteiger partial charge in [-0.05, 0) is 12.1 Å². The lowest BCUT2D eigenvalue weighted by atomic mass is 10.2. The molecule has 1 aliphatic rings. The minimum atomic E-state index is -3.33. The molecule has 1 fully saturated rings. The molecule has 0 aromatic heterocycles. The van der Waals surface area contributed by atoms with Crippen molar-refractivity contribution in [1.82, 2.24) is 4.67 Å². The highest BCUT2D eigenvalue weighted by Crippen LogP contribution is 2.46. The van der Waals surface area contributed by atoms with Crippen LogP contribution in [0, 0.1) is 0 Å². The topological polar surface area (TPSA) is 66.6 Å². The molecule has 0 saturated carbocycles. The van der Waals surface area contributed by atoms with Crippen LogP contribution < -0.4 is 11.0 Å². The Bertz CT molecular complexity index is 362. The number of nitrogens with two attached hydrogens (primary N) is 1. The van der Waals surface area contributed by atoms with Crippen LogP contribution in [0.15, 0.2) is 30.3 Å². The largest absolute Gasteiger partial charge is 0.330 e. The van der Waals surface area contributed by atoms with E-state index in [9.17, 15) is 9.46 Å². The molecule has 0 bridgehead atoms. The van der Waals surface area contributed by atoms with Crippen molar-refractivity contribution in [3.63, 3.8) is 0 Å². The van der Waals surface area contributed by atoms with E-state index in [1.165, 1.54) is 4.67 Å². The Kier molecular flexibility index (Phi) is 2.45. The molecule has 2 rings (SSSR count). The van der Waals surface area contributed by atoms with Gasteiger partial charge in [0.1, 0.15) is 0 Å². The standard InChI is InChI=1S/C9H13N2O2P/c10-8-6-11(7-8)14(12,13)9-4-2-1-3-5-9/h1-5,8H,6-7,10H2,(H,12,13). The summed E-state index contributed by atoms with van der Waals surface area (Å²) in [6.45, 7) is 1.01. The van der Waals surface area contributed by atoms with Crippen molar-refractivity contribution in [3.8, 4) is 0 Å². The van der Waals surface area contributed by atoms with Gasteiger partial charge in [0.15, 0.2) is 0 Å². The lowest BCUT2D eigenvalue weighted by Crippen LogP contribution is -2.54. The van der Waals surface area contributed by atoms with Gasteiger partial charge in [-0.15, -0.1) is 0 Å². The van der Waals surface area contributed by atoms with Gasteiger partial charge in [0.25, 0.3) is 7.52 Å². The molecule has 0 radical (unpaired) electrons. The fraction of sp³-hybridized carbons (Fsp3) is 0.333. The molecule has 0 aliphatic carbocycles. The van der Waals surface area contributed by atoms with Gasteiger partial charge in [-0.1, -0.05) is 18.2 Å². The van der Waals surface area contributed by atoms with Crippen molar-refractivity contribution >= 4 is 12.8 Å². The Morgan fingerprint density at radius 3 is 2.43 bits per heavy atom. The average molecular weight is 212 g/mol. The van der Waals surface area contributed by atoms with Crippen LogP contribution in [-0.2, 0) is 4.57 Å². The maximum Gasteiger partial charge on any atom is 0.299 e. The number of nitrogens with zero attached hydrogens (tertiary/aromatic N) is 1. The van der Waals surface area contributed by atoms with Gasteiger partial charge in [0, 0.05) is 19.1 Å². The molecule has 14 heavy (non-hydrogen) atoms. The van der Waals surface area contributed by atoms with E-state index >= 15 is 0 Å². The maximum atomic E-state index is 12.0. The molecular formula is C9H13N2O2P. The van der Waals surface area contributed by atoms with Gasteiger partial charge in [0.2, 0.25) is 0 Å². The Balaban J connectivity index is 2.21. The molecule has 0 spiro atoms. The molecule has 1 saturated heterocycles. The summed E-state index contributed by atoms with van der Waals surface area (Å²) in [4.78, 5) is 9.85. The fourth-order valence-corrected chi connectivity index (χ4v) is 3.24. The van der Waals surface area contributed by atoms with Gasteiger partial charge in [-0.25, -0.2) is 4.67 Å². The Labute approximate surface area is 82.8 Å². The second-order valence-corrected chi connectivity index (χ2v) is 5.68. The van der Waals surface area contributed by atoms with Crippen LogP contribution in [0.1, 0.15) is 0 Å². The first-order valence-electron chi connectivity index (χ1n) is 4.50. The highest BCUT2D eigenvalue weighted by atomic mass is 31.2. The molecule has 1 unspecified atom stereocenters. The third kappa shape index (κ3) is 1.62. The van der Waals surface area contributed by atoms with Crippen LogP contribution in [0.3, 0.4) is 0 Å². The average Bonchev–Trinajstić information content (AvgIpc) is 2.14. The maximum absolute atomic E-state index is 12.0. The van der Waals surface area contributed by atoms with E-state index < -0.39 is 7.52 Å². The summed E-state index contributed by atoms with van der Waals surface area (Å²) < 4.78 is 13.5. The van der Waals surface area contributed by atoms with Crippen LogP contribution in [0.4, 0.5) is 0 Å². The SMILES string of the molecule is NC1CN(P(=O)(O)c2ccccc2)C1. The van der Waals surface area contributed by atoms with Crippen molar-refractivity contribution in [2.24, 2.45) is 5.73 Å². The summed E-state index contributed by atoms with van der Waals surface area (Å²) in [5, 5.41) is 0.479. The van der Waals surface area contributed by atoms with Gasteiger partial charge < -0.3 is 10.6 Å². The van der Waals surface area contributed by atoms with E-state index in [1.807, 2.05) is 6.07 Å². The summed E-state index contributed by atoms with van der Waals surface area (Å²) in [6, 6.07) is 8.73. The van der Waals surface area contributed by atoms with Crippen molar-refractivity contribution in [2.75, 3.05) is 13.1 Å². The normalized spacial score (nSPS) is 22.7. The zero-order valence-electron chi connectivity index (χ0n) is 7.71. The number of rotatable bonds is 2. The monoisotopic (exact) mass is 212 g/mol. The highest BCUT2D eigenvalue weighted by Gasteiger charge is 2.38. The first-order valence-corrected chi connectivity index (χ1v) is 6.11. The molecular weight excluding hydrogens is 199 g/mol. The molecule has 1 heterocycles. The Morgan fingerprint density at radius 1 is 1.36 bits per heavy atom. The van der Waals surface area contributed by atoms with E-state index in [0.29, 0.717) is 18.4 Å². The molecule has 4 nitrogen and oxygen atoms in total. The van der Waals surface area contributed by atoms with Crippen molar-refractivity contribution < 1.29 is 9.46 Å². The first-order chi connectivity index (χ1) is 6.60. The minimum Gasteiger partial charge on any atom is -0.330 e. The highest BCUT2D eigenvalue weighted by molar-refractivity contribution is 7.63. The zero-order chi connectivity index (χ0) is 10.2. The smallest absolute Gasteiger partial charge is 0.299 e. The molecule has 1 aliphatic heterocycles. The molecule has 1 aromatic carbocycles. The van der Waals surface area contributed by atoms with Gasteiger partial charge in [-0.3, -0.25) is 4.57 Å². The number of hydrogen-bond donors (Lipinski definition) is 2. The third-order valence-electron chi connectivity index (χ3n) is 2.37. The van der Waals surface area contributed by atoms with Gasteiger partial charge in [-0.2, -0.15) is 0 Å².